The quantitative estimate of drug-likeness (QED) is 0.762. The lowest BCUT2D eigenvalue weighted by molar-refractivity contribution is -0.00000557. The zero-order chi connectivity index (χ0) is 14.7. The molecule has 0 atom stereocenters. The summed E-state index contributed by atoms with van der Waals surface area (Å²) < 4.78 is 16.1. The predicted octanol–water partition coefficient (Wildman–Crippen LogP) is -0.332. The van der Waals surface area contributed by atoms with Gasteiger partial charge in [0, 0.05) is 24.0 Å². The van der Waals surface area contributed by atoms with Gasteiger partial charge in [-0.1, -0.05) is 0 Å². The van der Waals surface area contributed by atoms with Gasteiger partial charge in [-0.25, -0.2) is 4.98 Å². The normalized spacial score (nSPS) is 14.4. The molecular weight excluding hydrogens is 324 g/mol. The molecular formula is C15H18ClN2O3S-. The summed E-state index contributed by atoms with van der Waals surface area (Å²) in [7, 11) is 3.33. The van der Waals surface area contributed by atoms with E-state index < -0.39 is 0 Å². The van der Waals surface area contributed by atoms with Crippen molar-refractivity contribution in [2.24, 2.45) is 0 Å². The predicted molar refractivity (Wildman–Crippen MR) is 83.7 cm³/mol. The first-order chi connectivity index (χ1) is 10.3. The van der Waals surface area contributed by atoms with Gasteiger partial charge in [0.15, 0.2) is 5.13 Å². The molecule has 22 heavy (non-hydrogen) atoms. The van der Waals surface area contributed by atoms with Crippen molar-refractivity contribution in [3.63, 3.8) is 0 Å². The van der Waals surface area contributed by atoms with Gasteiger partial charge in [0.05, 0.1) is 33.1 Å². The number of thiazole rings is 1. The highest BCUT2D eigenvalue weighted by Crippen LogP contribution is 2.35. The minimum absolute atomic E-state index is 0. The largest absolute Gasteiger partial charge is 1.00 e. The van der Waals surface area contributed by atoms with Crippen LogP contribution in [0.4, 0.5) is 5.13 Å². The summed E-state index contributed by atoms with van der Waals surface area (Å²) in [6.45, 7) is 3.30. The summed E-state index contributed by atoms with van der Waals surface area (Å²) in [6, 6.07) is 5.75. The molecule has 1 fully saturated rings. The van der Waals surface area contributed by atoms with E-state index in [2.05, 4.69) is 10.3 Å². The Kier molecular flexibility index (Phi) is 5.88. The average Bonchev–Trinajstić information content (AvgIpc) is 3.05. The second-order valence-electron chi connectivity index (χ2n) is 4.68. The fourth-order valence-electron chi connectivity index (χ4n) is 2.30. The third kappa shape index (κ3) is 3.45. The van der Waals surface area contributed by atoms with E-state index in [9.17, 15) is 0 Å². The Bertz CT molecular complexity index is 615. The summed E-state index contributed by atoms with van der Waals surface area (Å²) in [5.74, 6) is 1.60. The van der Waals surface area contributed by atoms with Crippen molar-refractivity contribution in [1.82, 2.24) is 4.98 Å². The molecule has 2 aromatic rings. The highest BCUT2D eigenvalue weighted by molar-refractivity contribution is 7.14. The third-order valence-corrected chi connectivity index (χ3v) is 4.36. The lowest BCUT2D eigenvalue weighted by Gasteiger charge is -2.26. The lowest BCUT2D eigenvalue weighted by atomic mass is 10.1. The molecule has 0 saturated carbocycles. The van der Waals surface area contributed by atoms with E-state index in [0.717, 1.165) is 54.2 Å². The zero-order valence-corrected chi connectivity index (χ0v) is 14.1. The summed E-state index contributed by atoms with van der Waals surface area (Å²) >= 11 is 1.65. The number of aromatic nitrogens is 1. The molecule has 0 spiro atoms. The van der Waals surface area contributed by atoms with E-state index in [0.29, 0.717) is 0 Å². The number of hydrogen-bond acceptors (Lipinski definition) is 6. The van der Waals surface area contributed by atoms with Gasteiger partial charge in [-0.15, -0.1) is 11.3 Å². The smallest absolute Gasteiger partial charge is 0.186 e. The maximum Gasteiger partial charge on any atom is 0.186 e. The molecule has 1 aliphatic heterocycles. The van der Waals surface area contributed by atoms with Gasteiger partial charge in [0.1, 0.15) is 11.5 Å². The van der Waals surface area contributed by atoms with Crippen LogP contribution in [-0.2, 0) is 4.74 Å². The first-order valence-electron chi connectivity index (χ1n) is 6.82. The van der Waals surface area contributed by atoms with E-state index in [4.69, 9.17) is 19.2 Å². The van der Waals surface area contributed by atoms with Crippen LogP contribution in [-0.4, -0.2) is 45.5 Å². The molecule has 0 radical (unpaired) electrons. The Morgan fingerprint density at radius 2 is 1.95 bits per heavy atom. The number of nitrogens with zero attached hydrogens (tertiary/aromatic N) is 2. The average molecular weight is 342 g/mol. The van der Waals surface area contributed by atoms with Crippen molar-refractivity contribution in [2.45, 2.75) is 0 Å². The van der Waals surface area contributed by atoms with E-state index in [1.54, 1.807) is 25.6 Å². The van der Waals surface area contributed by atoms with E-state index in [-0.39, 0.29) is 12.4 Å². The topological polar surface area (TPSA) is 43.8 Å². The van der Waals surface area contributed by atoms with Gasteiger partial charge < -0.3 is 31.5 Å². The fourth-order valence-corrected chi connectivity index (χ4v) is 3.18. The molecule has 1 aromatic heterocycles. The van der Waals surface area contributed by atoms with Crippen molar-refractivity contribution in [1.29, 1.82) is 0 Å². The monoisotopic (exact) mass is 341 g/mol. The van der Waals surface area contributed by atoms with Crippen molar-refractivity contribution in [3.05, 3.63) is 23.6 Å². The molecule has 0 N–H and O–H groups in total. The van der Waals surface area contributed by atoms with Crippen LogP contribution >= 0.6 is 11.3 Å². The maximum atomic E-state index is 5.43. The van der Waals surface area contributed by atoms with Crippen molar-refractivity contribution in [3.8, 4) is 22.8 Å². The van der Waals surface area contributed by atoms with Gasteiger partial charge in [-0.05, 0) is 18.2 Å². The molecule has 0 aliphatic carbocycles. The highest BCUT2D eigenvalue weighted by Gasteiger charge is 2.17. The van der Waals surface area contributed by atoms with E-state index in [1.165, 1.54) is 0 Å². The van der Waals surface area contributed by atoms with Crippen LogP contribution < -0.4 is 26.8 Å². The van der Waals surface area contributed by atoms with Crippen LogP contribution in [0.1, 0.15) is 0 Å². The van der Waals surface area contributed by atoms with Gasteiger partial charge >= 0.3 is 0 Å². The van der Waals surface area contributed by atoms with Crippen molar-refractivity contribution < 1.29 is 26.6 Å². The first kappa shape index (κ1) is 16.9. The lowest BCUT2D eigenvalue weighted by Crippen LogP contribution is -3.00. The number of rotatable bonds is 4. The third-order valence-electron chi connectivity index (χ3n) is 3.46. The first-order valence-corrected chi connectivity index (χ1v) is 7.70. The number of halogens is 1. The Labute approximate surface area is 140 Å². The molecule has 3 rings (SSSR count). The number of morpholine rings is 1. The van der Waals surface area contributed by atoms with Gasteiger partial charge in [0.25, 0.3) is 0 Å². The number of hydrogen-bond donors (Lipinski definition) is 0. The Hall–Kier alpha value is -1.50. The van der Waals surface area contributed by atoms with Crippen molar-refractivity contribution in [2.75, 3.05) is 45.4 Å². The molecule has 1 aliphatic rings. The highest BCUT2D eigenvalue weighted by atomic mass is 35.5. The molecule has 1 aromatic carbocycles. The van der Waals surface area contributed by atoms with E-state index >= 15 is 0 Å². The molecule has 120 valence electrons. The van der Waals surface area contributed by atoms with Crippen LogP contribution in [0.15, 0.2) is 23.6 Å². The van der Waals surface area contributed by atoms with Crippen molar-refractivity contribution >= 4 is 16.5 Å². The molecule has 1 saturated heterocycles. The van der Waals surface area contributed by atoms with Crippen LogP contribution in [0.5, 0.6) is 11.5 Å². The van der Waals surface area contributed by atoms with Gasteiger partial charge in [0.2, 0.25) is 0 Å². The van der Waals surface area contributed by atoms with Crippen LogP contribution in [0.3, 0.4) is 0 Å². The Morgan fingerprint density at radius 1 is 1.18 bits per heavy atom. The Morgan fingerprint density at radius 3 is 2.64 bits per heavy atom. The zero-order valence-electron chi connectivity index (χ0n) is 12.5. The minimum Gasteiger partial charge on any atom is -1.00 e. The minimum atomic E-state index is 0. The molecule has 5 nitrogen and oxygen atoms in total. The second kappa shape index (κ2) is 7.67. The molecule has 0 bridgehead atoms. The summed E-state index contributed by atoms with van der Waals surface area (Å²) in [5, 5.41) is 3.08. The molecule has 0 amide bonds. The standard InChI is InChI=1S/C15H18N2O3S.ClH/c1-18-11-3-4-14(19-2)12(9-11)13-10-21-15(16-13)17-5-7-20-8-6-17;/h3-4,9-10H,5-8H2,1-2H3;1H/p-1. The van der Waals surface area contributed by atoms with E-state index in [1.807, 2.05) is 18.2 Å². The molecule has 7 heteroatoms. The number of benzene rings is 1. The van der Waals surface area contributed by atoms with Gasteiger partial charge in [-0.2, -0.15) is 0 Å². The fraction of sp³-hybridized carbons (Fsp3) is 0.400. The summed E-state index contributed by atoms with van der Waals surface area (Å²) in [4.78, 5) is 7.00. The Balaban J connectivity index is 0.00000176. The van der Waals surface area contributed by atoms with Crippen LogP contribution in [0, 0.1) is 0 Å². The van der Waals surface area contributed by atoms with Crippen LogP contribution in [0.2, 0.25) is 0 Å². The SMILES string of the molecule is COc1ccc(OC)c(-c2csc(N3CCOCC3)n2)c1.[Cl-]. The number of anilines is 1. The number of ether oxygens (including phenoxy) is 3. The van der Waals surface area contributed by atoms with Gasteiger partial charge in [-0.3, -0.25) is 0 Å². The molecule has 0 unspecified atom stereocenters. The summed E-state index contributed by atoms with van der Waals surface area (Å²) in [6.07, 6.45) is 0. The maximum absolute atomic E-state index is 5.43. The number of methoxy groups -OCH3 is 2. The summed E-state index contributed by atoms with van der Waals surface area (Å²) in [5.41, 5.74) is 1.87. The second-order valence-corrected chi connectivity index (χ2v) is 5.52. The molecule has 2 heterocycles. The van der Waals surface area contributed by atoms with Crippen LogP contribution in [0.25, 0.3) is 11.3 Å².